The highest BCUT2D eigenvalue weighted by Gasteiger charge is 2.36. The van der Waals surface area contributed by atoms with Crippen LogP contribution in [0.1, 0.15) is 19.4 Å². The maximum absolute atomic E-state index is 12.5. The number of amides is 2. The van der Waals surface area contributed by atoms with Crippen LogP contribution < -0.4 is 9.47 Å². The fourth-order valence-electron chi connectivity index (χ4n) is 2.30. The van der Waals surface area contributed by atoms with Crippen molar-refractivity contribution in [3.63, 3.8) is 0 Å². The number of ether oxygens (including phenoxy) is 3. The van der Waals surface area contributed by atoms with Gasteiger partial charge in [0.1, 0.15) is 13.2 Å². The quantitative estimate of drug-likeness (QED) is 0.306. The molecule has 28 heavy (non-hydrogen) atoms. The van der Waals surface area contributed by atoms with Crippen LogP contribution in [-0.4, -0.2) is 48.4 Å². The number of esters is 1. The Kier molecular flexibility index (Phi) is 8.13. The average molecular weight is 470 g/mol. The summed E-state index contributed by atoms with van der Waals surface area (Å²) in [6, 6.07) is 3.44. The number of hydrogen-bond donors (Lipinski definition) is 0. The number of rotatable bonds is 9. The van der Waals surface area contributed by atoms with Gasteiger partial charge < -0.3 is 14.2 Å². The molecule has 0 bridgehead atoms. The average Bonchev–Trinajstić information content (AvgIpc) is 2.91. The largest absolute Gasteiger partial charge is 0.490 e. The zero-order chi connectivity index (χ0) is 20.7. The minimum Gasteiger partial charge on any atom is -0.490 e. The van der Waals surface area contributed by atoms with Gasteiger partial charge in [-0.15, -0.1) is 0 Å². The Morgan fingerprint density at radius 3 is 2.57 bits per heavy atom. The molecule has 1 aliphatic heterocycles. The van der Waals surface area contributed by atoms with Gasteiger partial charge in [0.25, 0.3) is 11.1 Å². The topological polar surface area (TPSA) is 82.1 Å². The summed E-state index contributed by atoms with van der Waals surface area (Å²) < 4.78 is 16.7. The maximum Gasteiger partial charge on any atom is 0.326 e. The van der Waals surface area contributed by atoms with E-state index in [-0.39, 0.29) is 11.5 Å². The van der Waals surface area contributed by atoms with Crippen molar-refractivity contribution < 1.29 is 28.6 Å². The molecule has 1 aliphatic rings. The summed E-state index contributed by atoms with van der Waals surface area (Å²) in [7, 11) is 0. The van der Waals surface area contributed by atoms with Crippen LogP contribution in [0.5, 0.6) is 11.5 Å². The number of nitrogens with zero attached hydrogens (tertiary/aromatic N) is 1. The number of hydrogen-bond acceptors (Lipinski definition) is 7. The molecule has 1 heterocycles. The molecule has 1 aromatic carbocycles. The zero-order valence-corrected chi connectivity index (χ0v) is 17.9. The summed E-state index contributed by atoms with van der Waals surface area (Å²) in [5.41, 5.74) is 0.635. The van der Waals surface area contributed by atoms with E-state index >= 15 is 0 Å². The van der Waals surface area contributed by atoms with Gasteiger partial charge in [-0.2, -0.15) is 0 Å². The number of thioether (sulfide) groups is 1. The normalized spacial score (nSPS) is 15.1. The first-order valence-electron chi connectivity index (χ1n) is 8.52. The van der Waals surface area contributed by atoms with Crippen LogP contribution in [0.4, 0.5) is 4.79 Å². The Bertz CT molecular complexity index is 823. The summed E-state index contributed by atoms with van der Waals surface area (Å²) in [5.74, 6) is -0.139. The number of benzene rings is 1. The SMILES string of the molecule is C=CCOc1cc(Br)c(/C=C2/SC(=O)N(CC(=O)OCC)C2=O)cc1OCC. The summed E-state index contributed by atoms with van der Waals surface area (Å²) in [4.78, 5) is 37.3. The molecule has 9 heteroatoms. The molecule has 150 valence electrons. The van der Waals surface area contributed by atoms with Gasteiger partial charge in [-0.3, -0.25) is 19.3 Å². The Morgan fingerprint density at radius 2 is 1.93 bits per heavy atom. The molecule has 0 saturated carbocycles. The molecule has 0 N–H and O–H groups in total. The standard InChI is InChI=1S/C19H20BrNO6S/c1-4-7-27-15-10-13(20)12(8-14(15)25-5-2)9-16-18(23)21(19(24)28-16)11-17(22)26-6-3/h4,8-10H,1,5-7,11H2,2-3H3/b16-9+. The first-order chi connectivity index (χ1) is 13.4. The number of imide groups is 1. The maximum atomic E-state index is 12.5. The van der Waals surface area contributed by atoms with E-state index < -0.39 is 23.7 Å². The van der Waals surface area contributed by atoms with Crippen molar-refractivity contribution in [2.45, 2.75) is 13.8 Å². The lowest BCUT2D eigenvalue weighted by Crippen LogP contribution is -2.34. The summed E-state index contributed by atoms with van der Waals surface area (Å²) >= 11 is 4.21. The number of halogens is 1. The molecule has 0 spiro atoms. The van der Waals surface area contributed by atoms with Crippen LogP contribution in [-0.2, 0) is 14.3 Å². The van der Waals surface area contributed by atoms with Crippen molar-refractivity contribution in [2.24, 2.45) is 0 Å². The van der Waals surface area contributed by atoms with Crippen molar-refractivity contribution in [1.29, 1.82) is 0 Å². The highest BCUT2D eigenvalue weighted by atomic mass is 79.9. The highest BCUT2D eigenvalue weighted by Crippen LogP contribution is 2.38. The van der Waals surface area contributed by atoms with Crippen LogP contribution in [0.25, 0.3) is 6.08 Å². The van der Waals surface area contributed by atoms with Gasteiger partial charge in [0, 0.05) is 4.47 Å². The Labute approximate surface area is 175 Å². The van der Waals surface area contributed by atoms with Crippen molar-refractivity contribution in [3.8, 4) is 11.5 Å². The second-order valence-corrected chi connectivity index (χ2v) is 7.27. The summed E-state index contributed by atoms with van der Waals surface area (Å²) in [5, 5.41) is -0.517. The summed E-state index contributed by atoms with van der Waals surface area (Å²) in [6.45, 7) is 7.64. The fourth-order valence-corrected chi connectivity index (χ4v) is 3.57. The molecule has 2 rings (SSSR count). The molecule has 1 saturated heterocycles. The number of carbonyl (C=O) groups excluding carboxylic acids is 3. The minimum atomic E-state index is -0.630. The van der Waals surface area contributed by atoms with E-state index in [0.29, 0.717) is 34.7 Å². The van der Waals surface area contributed by atoms with Gasteiger partial charge in [0.05, 0.1) is 18.1 Å². The Hall–Kier alpha value is -2.26. The number of carbonyl (C=O) groups is 3. The third kappa shape index (κ3) is 5.39. The Balaban J connectivity index is 2.29. The minimum absolute atomic E-state index is 0.179. The molecule has 0 radical (unpaired) electrons. The van der Waals surface area contributed by atoms with Crippen LogP contribution in [0, 0.1) is 0 Å². The second kappa shape index (κ2) is 10.3. The highest BCUT2D eigenvalue weighted by molar-refractivity contribution is 9.10. The molecule has 0 atom stereocenters. The second-order valence-electron chi connectivity index (χ2n) is 5.43. The fraction of sp³-hybridized carbons (Fsp3) is 0.316. The van der Waals surface area contributed by atoms with Crippen molar-refractivity contribution in [3.05, 3.63) is 39.7 Å². The van der Waals surface area contributed by atoms with E-state index in [1.54, 1.807) is 31.2 Å². The van der Waals surface area contributed by atoms with Crippen LogP contribution in [0.3, 0.4) is 0 Å². The third-order valence-corrected chi connectivity index (χ3v) is 5.07. The third-order valence-electron chi connectivity index (χ3n) is 3.47. The van der Waals surface area contributed by atoms with E-state index in [1.807, 2.05) is 6.92 Å². The van der Waals surface area contributed by atoms with Crippen molar-refractivity contribution in [2.75, 3.05) is 26.4 Å². The molecule has 0 aliphatic carbocycles. The lowest BCUT2D eigenvalue weighted by atomic mass is 10.2. The van der Waals surface area contributed by atoms with Crippen molar-refractivity contribution in [1.82, 2.24) is 4.90 Å². The van der Waals surface area contributed by atoms with Gasteiger partial charge in [-0.1, -0.05) is 28.6 Å². The lowest BCUT2D eigenvalue weighted by molar-refractivity contribution is -0.145. The van der Waals surface area contributed by atoms with Crippen LogP contribution in [0.2, 0.25) is 0 Å². The van der Waals surface area contributed by atoms with E-state index in [2.05, 4.69) is 22.5 Å². The molecular weight excluding hydrogens is 450 g/mol. The predicted molar refractivity (Wildman–Crippen MR) is 110 cm³/mol. The molecular formula is C19H20BrNO6S. The lowest BCUT2D eigenvalue weighted by Gasteiger charge is -2.13. The smallest absolute Gasteiger partial charge is 0.326 e. The van der Waals surface area contributed by atoms with Gasteiger partial charge in [-0.25, -0.2) is 0 Å². The molecule has 1 fully saturated rings. The van der Waals surface area contributed by atoms with E-state index in [9.17, 15) is 14.4 Å². The van der Waals surface area contributed by atoms with E-state index in [0.717, 1.165) is 16.7 Å². The predicted octanol–water partition coefficient (Wildman–Crippen LogP) is 4.01. The van der Waals surface area contributed by atoms with E-state index in [4.69, 9.17) is 14.2 Å². The molecule has 0 unspecified atom stereocenters. The monoisotopic (exact) mass is 469 g/mol. The van der Waals surface area contributed by atoms with Crippen LogP contribution in [0.15, 0.2) is 34.2 Å². The first-order valence-corrected chi connectivity index (χ1v) is 10.1. The van der Waals surface area contributed by atoms with Crippen LogP contribution >= 0.6 is 27.7 Å². The van der Waals surface area contributed by atoms with Gasteiger partial charge >= 0.3 is 5.97 Å². The summed E-state index contributed by atoms with van der Waals surface area (Å²) in [6.07, 6.45) is 3.19. The van der Waals surface area contributed by atoms with E-state index in [1.165, 1.54) is 0 Å². The van der Waals surface area contributed by atoms with Crippen molar-refractivity contribution >= 4 is 50.9 Å². The molecule has 2 amide bonds. The zero-order valence-electron chi connectivity index (χ0n) is 15.5. The molecule has 0 aromatic heterocycles. The van der Waals surface area contributed by atoms with Gasteiger partial charge in [0.2, 0.25) is 0 Å². The first kappa shape index (κ1) is 22.0. The molecule has 1 aromatic rings. The van der Waals surface area contributed by atoms with Gasteiger partial charge in [-0.05, 0) is 49.4 Å². The molecule has 7 nitrogen and oxygen atoms in total. The van der Waals surface area contributed by atoms with Gasteiger partial charge in [0.15, 0.2) is 11.5 Å². The Morgan fingerprint density at radius 1 is 1.21 bits per heavy atom.